The lowest BCUT2D eigenvalue weighted by atomic mass is 9.76. The molecule has 1 atom stereocenters. The van der Waals surface area contributed by atoms with E-state index in [9.17, 15) is 10.2 Å². The van der Waals surface area contributed by atoms with E-state index in [0.717, 1.165) is 46.1 Å². The predicted octanol–water partition coefficient (Wildman–Crippen LogP) is 3.93. The van der Waals surface area contributed by atoms with Gasteiger partial charge in [0.15, 0.2) is 11.5 Å². The van der Waals surface area contributed by atoms with Gasteiger partial charge in [0.25, 0.3) is 0 Å². The number of fused-ring (bicyclic) bond motifs is 2. The Morgan fingerprint density at radius 2 is 2.04 bits per heavy atom. The Balaban J connectivity index is 2.13. The Bertz CT molecular complexity index is 863. The van der Waals surface area contributed by atoms with Gasteiger partial charge >= 0.3 is 0 Å². The van der Waals surface area contributed by atoms with Crippen molar-refractivity contribution in [1.29, 1.82) is 0 Å². The number of phenols is 2. The van der Waals surface area contributed by atoms with Gasteiger partial charge in [-0.1, -0.05) is 0 Å². The fourth-order valence-corrected chi connectivity index (χ4v) is 4.82. The number of aryl methyl sites for hydroxylation is 1. The predicted molar refractivity (Wildman–Crippen MR) is 97.0 cm³/mol. The number of hydrogen-bond acceptors (Lipinski definition) is 4. The average molecular weight is 390 g/mol. The third-order valence-electron chi connectivity index (χ3n) is 5.39. The Morgan fingerprint density at radius 1 is 1.29 bits per heavy atom. The van der Waals surface area contributed by atoms with E-state index in [1.807, 2.05) is 19.1 Å². The van der Waals surface area contributed by atoms with Crippen LogP contribution in [-0.2, 0) is 12.8 Å². The summed E-state index contributed by atoms with van der Waals surface area (Å²) in [5, 5.41) is 20.8. The lowest BCUT2D eigenvalue weighted by Crippen LogP contribution is -2.35. The minimum Gasteiger partial charge on any atom is -0.506 e. The molecule has 0 saturated carbocycles. The molecule has 126 valence electrons. The number of methoxy groups -OCH3 is 1. The Labute approximate surface area is 149 Å². The van der Waals surface area contributed by atoms with Crippen molar-refractivity contribution in [2.75, 3.05) is 20.7 Å². The van der Waals surface area contributed by atoms with Gasteiger partial charge < -0.3 is 14.9 Å². The number of phenolic OH excluding ortho intramolecular Hbond substituents is 2. The summed E-state index contributed by atoms with van der Waals surface area (Å²) in [5.74, 6) is 0.992. The van der Waals surface area contributed by atoms with Crippen LogP contribution in [0.2, 0.25) is 0 Å². The standard InChI is InChI=1S/C19H20BrNO3/c1-9-6-11-12(17(20)18(9)23)8-13-15-10(4-5-21(13)2)7-14(22)19(24-3)16(11)15/h6-7,13,22-23H,4-5,8H2,1-3H3. The highest BCUT2D eigenvalue weighted by Crippen LogP contribution is 2.54. The summed E-state index contributed by atoms with van der Waals surface area (Å²) in [4.78, 5) is 2.34. The summed E-state index contributed by atoms with van der Waals surface area (Å²) >= 11 is 3.57. The molecule has 5 heteroatoms. The molecule has 2 N–H and O–H groups in total. The number of nitrogens with zero attached hydrogens (tertiary/aromatic N) is 1. The minimum atomic E-state index is 0.184. The molecule has 24 heavy (non-hydrogen) atoms. The van der Waals surface area contributed by atoms with Crippen LogP contribution in [0.3, 0.4) is 0 Å². The van der Waals surface area contributed by atoms with E-state index in [2.05, 4.69) is 27.9 Å². The van der Waals surface area contributed by atoms with Crippen LogP contribution < -0.4 is 4.74 Å². The molecule has 2 aliphatic rings. The second-order valence-corrected chi connectivity index (χ2v) is 7.50. The highest BCUT2D eigenvalue weighted by Gasteiger charge is 2.37. The van der Waals surface area contributed by atoms with Crippen molar-refractivity contribution in [3.63, 3.8) is 0 Å². The monoisotopic (exact) mass is 389 g/mol. The molecule has 1 aliphatic heterocycles. The Hall–Kier alpha value is -1.72. The lowest BCUT2D eigenvalue weighted by molar-refractivity contribution is 0.226. The van der Waals surface area contributed by atoms with E-state index < -0.39 is 0 Å². The van der Waals surface area contributed by atoms with Gasteiger partial charge in [0.2, 0.25) is 0 Å². The summed E-state index contributed by atoms with van der Waals surface area (Å²) in [6, 6.07) is 4.08. The number of likely N-dealkylation sites (N-methyl/N-ethyl adjacent to an activating group) is 1. The maximum atomic E-state index is 10.5. The zero-order chi connectivity index (χ0) is 17.2. The molecule has 0 amide bonds. The number of hydrogen-bond donors (Lipinski definition) is 2. The summed E-state index contributed by atoms with van der Waals surface area (Å²) < 4.78 is 6.32. The molecule has 2 aromatic rings. The number of halogens is 1. The van der Waals surface area contributed by atoms with Crippen molar-refractivity contribution in [2.45, 2.75) is 25.8 Å². The highest BCUT2D eigenvalue weighted by molar-refractivity contribution is 9.10. The summed E-state index contributed by atoms with van der Waals surface area (Å²) in [6.07, 6.45) is 1.74. The second-order valence-electron chi connectivity index (χ2n) is 6.71. The molecule has 0 bridgehead atoms. The van der Waals surface area contributed by atoms with Crippen molar-refractivity contribution >= 4 is 15.9 Å². The third kappa shape index (κ3) is 2.01. The molecule has 0 fully saturated rings. The molecule has 1 unspecified atom stereocenters. The van der Waals surface area contributed by atoms with Crippen LogP contribution in [0.5, 0.6) is 17.2 Å². The number of aromatic hydroxyl groups is 2. The molecular weight excluding hydrogens is 370 g/mol. The number of rotatable bonds is 1. The van der Waals surface area contributed by atoms with E-state index in [-0.39, 0.29) is 17.5 Å². The topological polar surface area (TPSA) is 52.9 Å². The molecule has 0 saturated heterocycles. The van der Waals surface area contributed by atoms with Gasteiger partial charge in [-0.3, -0.25) is 4.90 Å². The average Bonchev–Trinajstić information content (AvgIpc) is 2.56. The summed E-state index contributed by atoms with van der Waals surface area (Å²) in [5.41, 5.74) is 6.32. The molecule has 4 rings (SSSR count). The van der Waals surface area contributed by atoms with Crippen molar-refractivity contribution in [3.8, 4) is 28.4 Å². The highest BCUT2D eigenvalue weighted by atomic mass is 79.9. The molecule has 0 aromatic heterocycles. The van der Waals surface area contributed by atoms with Gasteiger partial charge in [-0.05, 0) is 82.7 Å². The van der Waals surface area contributed by atoms with Crippen LogP contribution in [0, 0.1) is 6.92 Å². The van der Waals surface area contributed by atoms with E-state index >= 15 is 0 Å². The van der Waals surface area contributed by atoms with E-state index in [0.29, 0.717) is 5.75 Å². The first-order valence-electron chi connectivity index (χ1n) is 8.08. The zero-order valence-electron chi connectivity index (χ0n) is 14.0. The van der Waals surface area contributed by atoms with Gasteiger partial charge in [-0.25, -0.2) is 0 Å². The molecule has 0 radical (unpaired) electrons. The number of ether oxygens (including phenoxy) is 1. The van der Waals surface area contributed by atoms with E-state index in [1.165, 1.54) is 11.1 Å². The van der Waals surface area contributed by atoms with Crippen molar-refractivity contribution in [2.24, 2.45) is 0 Å². The van der Waals surface area contributed by atoms with Gasteiger partial charge in [-0.2, -0.15) is 0 Å². The van der Waals surface area contributed by atoms with Crippen LogP contribution in [0.25, 0.3) is 11.1 Å². The molecule has 2 aromatic carbocycles. The smallest absolute Gasteiger partial charge is 0.168 e. The Kier molecular flexibility index (Phi) is 3.55. The van der Waals surface area contributed by atoms with Crippen molar-refractivity contribution in [1.82, 2.24) is 4.90 Å². The lowest BCUT2D eigenvalue weighted by Gasteiger charge is -2.40. The largest absolute Gasteiger partial charge is 0.506 e. The molecule has 1 aliphatic carbocycles. The zero-order valence-corrected chi connectivity index (χ0v) is 15.6. The third-order valence-corrected chi connectivity index (χ3v) is 6.24. The first-order chi connectivity index (χ1) is 11.4. The van der Waals surface area contributed by atoms with Crippen molar-refractivity contribution < 1.29 is 14.9 Å². The van der Waals surface area contributed by atoms with Crippen LogP contribution in [0.1, 0.15) is 28.3 Å². The molecular formula is C19H20BrNO3. The molecule has 0 spiro atoms. The molecule has 4 nitrogen and oxygen atoms in total. The van der Waals surface area contributed by atoms with Crippen LogP contribution >= 0.6 is 15.9 Å². The second kappa shape index (κ2) is 5.39. The van der Waals surface area contributed by atoms with Crippen LogP contribution in [0.4, 0.5) is 0 Å². The first kappa shape index (κ1) is 15.8. The minimum absolute atomic E-state index is 0.184. The maximum absolute atomic E-state index is 10.5. The summed E-state index contributed by atoms with van der Waals surface area (Å²) in [7, 11) is 3.72. The fraction of sp³-hybridized carbons (Fsp3) is 0.368. The van der Waals surface area contributed by atoms with E-state index in [4.69, 9.17) is 4.74 Å². The number of benzene rings is 2. The van der Waals surface area contributed by atoms with Gasteiger partial charge in [0.05, 0.1) is 11.6 Å². The van der Waals surface area contributed by atoms with Crippen LogP contribution in [0.15, 0.2) is 16.6 Å². The quantitative estimate of drug-likeness (QED) is 0.775. The summed E-state index contributed by atoms with van der Waals surface area (Å²) in [6.45, 7) is 2.84. The maximum Gasteiger partial charge on any atom is 0.168 e. The normalized spacial score (nSPS) is 18.9. The van der Waals surface area contributed by atoms with Gasteiger partial charge in [-0.15, -0.1) is 0 Å². The van der Waals surface area contributed by atoms with E-state index in [1.54, 1.807) is 7.11 Å². The first-order valence-corrected chi connectivity index (χ1v) is 8.87. The van der Waals surface area contributed by atoms with Gasteiger partial charge in [0.1, 0.15) is 5.75 Å². The molecule has 1 heterocycles. The fourth-order valence-electron chi connectivity index (χ4n) is 4.13. The Morgan fingerprint density at radius 3 is 2.75 bits per heavy atom. The van der Waals surface area contributed by atoms with Gasteiger partial charge in [0, 0.05) is 18.2 Å². The van der Waals surface area contributed by atoms with Crippen molar-refractivity contribution in [3.05, 3.63) is 38.9 Å². The van der Waals surface area contributed by atoms with Crippen LogP contribution in [-0.4, -0.2) is 35.8 Å². The SMILES string of the molecule is COc1c(O)cc2c3c1-c1cc(C)c(O)c(Br)c1CC3N(C)CC2.